The standard InChI is InChI=1S/C9H16N2/c1-10-7-6-9-5-3-4-8-11(9)2/h9H,3-8H2,2H3. The molecule has 0 aliphatic carbocycles. The molecule has 0 N–H and O–H groups in total. The SMILES string of the molecule is [C-]#[N+]CCC1CCCCN1C. The number of nitrogens with zero attached hydrogens (tertiary/aromatic N) is 2. The minimum absolute atomic E-state index is 0.692. The lowest BCUT2D eigenvalue weighted by Gasteiger charge is -2.31. The van der Waals surface area contributed by atoms with Crippen LogP contribution in [0.5, 0.6) is 0 Å². The van der Waals surface area contributed by atoms with Gasteiger partial charge in [0.2, 0.25) is 6.54 Å². The van der Waals surface area contributed by atoms with Gasteiger partial charge in [0.05, 0.1) is 0 Å². The Labute approximate surface area is 69.0 Å². The Morgan fingerprint density at radius 1 is 1.55 bits per heavy atom. The maximum Gasteiger partial charge on any atom is 0.216 e. The molecular formula is C9H16N2. The van der Waals surface area contributed by atoms with Gasteiger partial charge < -0.3 is 9.74 Å². The summed E-state index contributed by atoms with van der Waals surface area (Å²) in [4.78, 5) is 5.79. The molecule has 1 unspecified atom stereocenters. The van der Waals surface area contributed by atoms with Crippen molar-refractivity contribution in [3.05, 3.63) is 11.4 Å². The van der Waals surface area contributed by atoms with Gasteiger partial charge in [0.15, 0.2) is 0 Å². The molecule has 0 spiro atoms. The number of rotatable bonds is 2. The molecule has 0 aromatic heterocycles. The zero-order valence-electron chi connectivity index (χ0n) is 7.21. The second-order valence-electron chi connectivity index (χ2n) is 3.30. The van der Waals surface area contributed by atoms with E-state index in [4.69, 9.17) is 6.57 Å². The third-order valence-electron chi connectivity index (χ3n) is 2.50. The van der Waals surface area contributed by atoms with Gasteiger partial charge in [-0.05, 0) is 26.4 Å². The van der Waals surface area contributed by atoms with Crippen LogP contribution in [0.25, 0.3) is 4.85 Å². The number of piperidine rings is 1. The van der Waals surface area contributed by atoms with E-state index in [9.17, 15) is 0 Å². The zero-order valence-corrected chi connectivity index (χ0v) is 7.21. The maximum atomic E-state index is 6.69. The third-order valence-corrected chi connectivity index (χ3v) is 2.50. The van der Waals surface area contributed by atoms with Crippen LogP contribution < -0.4 is 0 Å². The monoisotopic (exact) mass is 152 g/mol. The van der Waals surface area contributed by atoms with Gasteiger partial charge >= 0.3 is 0 Å². The Kier molecular flexibility index (Phi) is 3.38. The molecule has 1 aliphatic heterocycles. The van der Waals surface area contributed by atoms with E-state index in [0.29, 0.717) is 12.6 Å². The van der Waals surface area contributed by atoms with Crippen LogP contribution in [0.4, 0.5) is 0 Å². The summed E-state index contributed by atoms with van der Waals surface area (Å²) in [7, 11) is 2.17. The van der Waals surface area contributed by atoms with Gasteiger partial charge in [-0.3, -0.25) is 0 Å². The van der Waals surface area contributed by atoms with Gasteiger partial charge in [-0.2, -0.15) is 0 Å². The van der Waals surface area contributed by atoms with Crippen molar-refractivity contribution in [3.8, 4) is 0 Å². The first-order valence-electron chi connectivity index (χ1n) is 4.38. The highest BCUT2D eigenvalue weighted by atomic mass is 15.1. The van der Waals surface area contributed by atoms with E-state index in [1.165, 1.54) is 25.8 Å². The van der Waals surface area contributed by atoms with Crippen LogP contribution in [-0.4, -0.2) is 31.1 Å². The third kappa shape index (κ3) is 2.51. The van der Waals surface area contributed by atoms with Gasteiger partial charge in [0.25, 0.3) is 0 Å². The summed E-state index contributed by atoms with van der Waals surface area (Å²) < 4.78 is 0. The summed E-state index contributed by atoms with van der Waals surface area (Å²) in [6.45, 7) is 8.62. The van der Waals surface area contributed by atoms with Crippen LogP contribution in [0.2, 0.25) is 0 Å². The van der Waals surface area contributed by atoms with Crippen molar-refractivity contribution in [2.75, 3.05) is 20.1 Å². The molecule has 1 rings (SSSR count). The van der Waals surface area contributed by atoms with Crippen LogP contribution in [0.15, 0.2) is 0 Å². The summed E-state index contributed by atoms with van der Waals surface area (Å²) in [6, 6.07) is 0.692. The first-order valence-corrected chi connectivity index (χ1v) is 4.38. The van der Waals surface area contributed by atoms with Crippen LogP contribution in [0.1, 0.15) is 25.7 Å². The second-order valence-corrected chi connectivity index (χ2v) is 3.30. The van der Waals surface area contributed by atoms with Gasteiger partial charge in [-0.1, -0.05) is 6.42 Å². The molecule has 1 atom stereocenters. The molecule has 0 radical (unpaired) electrons. The molecule has 0 saturated carbocycles. The lowest BCUT2D eigenvalue weighted by Crippen LogP contribution is -2.36. The van der Waals surface area contributed by atoms with Crippen LogP contribution in [0, 0.1) is 6.57 Å². The molecule has 0 aromatic rings. The molecule has 1 aliphatic rings. The second kappa shape index (κ2) is 4.35. The van der Waals surface area contributed by atoms with Crippen LogP contribution in [-0.2, 0) is 0 Å². The highest BCUT2D eigenvalue weighted by Crippen LogP contribution is 2.17. The van der Waals surface area contributed by atoms with Gasteiger partial charge in [0, 0.05) is 12.5 Å². The van der Waals surface area contributed by atoms with E-state index >= 15 is 0 Å². The molecular weight excluding hydrogens is 136 g/mol. The summed E-state index contributed by atoms with van der Waals surface area (Å²) in [5.74, 6) is 0. The largest absolute Gasteiger partial charge is 0.317 e. The highest BCUT2D eigenvalue weighted by Gasteiger charge is 2.18. The molecule has 2 nitrogen and oxygen atoms in total. The Morgan fingerprint density at radius 2 is 2.36 bits per heavy atom. The first-order chi connectivity index (χ1) is 5.34. The fourth-order valence-corrected chi connectivity index (χ4v) is 1.72. The zero-order chi connectivity index (χ0) is 8.10. The normalized spacial score (nSPS) is 26.4. The molecule has 62 valence electrons. The minimum atomic E-state index is 0.692. The van der Waals surface area contributed by atoms with E-state index in [1.807, 2.05) is 0 Å². The molecule has 1 fully saturated rings. The van der Waals surface area contributed by atoms with Crippen molar-refractivity contribution < 1.29 is 0 Å². The molecule has 2 heteroatoms. The highest BCUT2D eigenvalue weighted by molar-refractivity contribution is 4.76. The summed E-state index contributed by atoms with van der Waals surface area (Å²) >= 11 is 0. The summed E-state index contributed by atoms with van der Waals surface area (Å²) in [5.41, 5.74) is 0. The van der Waals surface area contributed by atoms with Crippen molar-refractivity contribution in [2.45, 2.75) is 31.7 Å². The lowest BCUT2D eigenvalue weighted by molar-refractivity contribution is 0.180. The topological polar surface area (TPSA) is 7.60 Å². The van der Waals surface area contributed by atoms with Crippen molar-refractivity contribution >= 4 is 0 Å². The van der Waals surface area contributed by atoms with E-state index < -0.39 is 0 Å². The maximum absolute atomic E-state index is 6.69. The lowest BCUT2D eigenvalue weighted by atomic mass is 10.0. The summed E-state index contributed by atoms with van der Waals surface area (Å²) in [5, 5.41) is 0. The van der Waals surface area contributed by atoms with Crippen LogP contribution in [0.3, 0.4) is 0 Å². The molecule has 0 aromatic carbocycles. The number of hydrogen-bond acceptors (Lipinski definition) is 1. The Bertz CT molecular complexity index is 148. The summed E-state index contributed by atoms with van der Waals surface area (Å²) in [6.07, 6.45) is 5.06. The van der Waals surface area contributed by atoms with E-state index in [0.717, 1.165) is 6.42 Å². The molecule has 1 saturated heterocycles. The average molecular weight is 152 g/mol. The Balaban J connectivity index is 2.25. The number of likely N-dealkylation sites (tertiary alicyclic amines) is 1. The van der Waals surface area contributed by atoms with Gasteiger partial charge in [-0.15, -0.1) is 0 Å². The van der Waals surface area contributed by atoms with Crippen molar-refractivity contribution in [3.63, 3.8) is 0 Å². The first kappa shape index (κ1) is 8.55. The fourth-order valence-electron chi connectivity index (χ4n) is 1.72. The van der Waals surface area contributed by atoms with Gasteiger partial charge in [0.1, 0.15) is 0 Å². The number of hydrogen-bond donors (Lipinski definition) is 0. The molecule has 11 heavy (non-hydrogen) atoms. The van der Waals surface area contributed by atoms with Crippen molar-refractivity contribution in [1.29, 1.82) is 0 Å². The van der Waals surface area contributed by atoms with E-state index in [-0.39, 0.29) is 0 Å². The fraction of sp³-hybridized carbons (Fsp3) is 0.889. The van der Waals surface area contributed by atoms with E-state index in [2.05, 4.69) is 16.8 Å². The predicted molar refractivity (Wildman–Crippen MR) is 46.4 cm³/mol. The average Bonchev–Trinajstić information content (AvgIpc) is 2.03. The minimum Gasteiger partial charge on any atom is -0.317 e. The predicted octanol–water partition coefficient (Wildman–Crippen LogP) is 1.78. The Morgan fingerprint density at radius 3 is 3.00 bits per heavy atom. The molecule has 0 amide bonds. The van der Waals surface area contributed by atoms with Crippen molar-refractivity contribution in [2.24, 2.45) is 0 Å². The molecule has 0 bridgehead atoms. The van der Waals surface area contributed by atoms with E-state index in [1.54, 1.807) is 0 Å². The Hall–Kier alpha value is -0.550. The van der Waals surface area contributed by atoms with Gasteiger partial charge in [-0.25, -0.2) is 6.57 Å². The smallest absolute Gasteiger partial charge is 0.216 e. The van der Waals surface area contributed by atoms with Crippen LogP contribution >= 0.6 is 0 Å². The quantitative estimate of drug-likeness (QED) is 0.547. The molecule has 1 heterocycles. The van der Waals surface area contributed by atoms with Crippen molar-refractivity contribution in [1.82, 2.24) is 4.90 Å².